The maximum Gasteiger partial charge on any atom is 0.274 e. The Bertz CT molecular complexity index is 582. The lowest BCUT2D eigenvalue weighted by Gasteiger charge is -2.25. The van der Waals surface area contributed by atoms with Gasteiger partial charge < -0.3 is 10.2 Å². The molecular formula is C21H34N4O2. The third-order valence-corrected chi connectivity index (χ3v) is 5.15. The number of amides is 2. The second-order valence-electron chi connectivity index (χ2n) is 7.55. The molecular weight excluding hydrogens is 340 g/mol. The van der Waals surface area contributed by atoms with Crippen molar-refractivity contribution in [3.63, 3.8) is 0 Å². The van der Waals surface area contributed by atoms with Crippen LogP contribution in [0.4, 0.5) is 0 Å². The molecule has 1 aliphatic carbocycles. The molecule has 0 unspecified atom stereocenters. The van der Waals surface area contributed by atoms with Gasteiger partial charge >= 0.3 is 0 Å². The fourth-order valence-corrected chi connectivity index (χ4v) is 3.49. The van der Waals surface area contributed by atoms with E-state index in [-0.39, 0.29) is 11.8 Å². The van der Waals surface area contributed by atoms with Crippen molar-refractivity contribution in [2.75, 3.05) is 13.1 Å². The van der Waals surface area contributed by atoms with Crippen LogP contribution in [-0.2, 0) is 4.79 Å². The van der Waals surface area contributed by atoms with Crippen LogP contribution in [0.5, 0.6) is 0 Å². The Morgan fingerprint density at radius 2 is 1.85 bits per heavy atom. The molecule has 6 nitrogen and oxygen atoms in total. The van der Waals surface area contributed by atoms with E-state index in [4.69, 9.17) is 0 Å². The van der Waals surface area contributed by atoms with Crippen molar-refractivity contribution in [1.29, 1.82) is 0 Å². The van der Waals surface area contributed by atoms with E-state index in [0.29, 0.717) is 31.2 Å². The molecule has 0 saturated heterocycles. The van der Waals surface area contributed by atoms with Crippen LogP contribution in [0.2, 0.25) is 0 Å². The van der Waals surface area contributed by atoms with Crippen LogP contribution in [0.25, 0.3) is 0 Å². The quantitative estimate of drug-likeness (QED) is 0.634. The average molecular weight is 375 g/mol. The van der Waals surface area contributed by atoms with Crippen molar-refractivity contribution < 1.29 is 9.59 Å². The lowest BCUT2D eigenvalue weighted by atomic mass is 9.95. The Labute approximate surface area is 163 Å². The van der Waals surface area contributed by atoms with Gasteiger partial charge in [-0.25, -0.2) is 4.98 Å². The van der Waals surface area contributed by atoms with E-state index in [0.717, 1.165) is 44.2 Å². The zero-order valence-electron chi connectivity index (χ0n) is 16.9. The molecule has 0 spiro atoms. The molecule has 1 aliphatic rings. The highest BCUT2D eigenvalue weighted by atomic mass is 16.2. The minimum absolute atomic E-state index is 0.0447. The number of carbonyl (C=O) groups is 2. The lowest BCUT2D eigenvalue weighted by Crippen LogP contribution is -2.40. The Morgan fingerprint density at radius 3 is 2.52 bits per heavy atom. The molecule has 0 radical (unpaired) electrons. The molecule has 0 bridgehead atoms. The molecule has 0 atom stereocenters. The maximum atomic E-state index is 12.8. The van der Waals surface area contributed by atoms with Crippen molar-refractivity contribution in [3.05, 3.63) is 23.8 Å². The van der Waals surface area contributed by atoms with Gasteiger partial charge in [0.15, 0.2) is 0 Å². The SMILES string of the molecule is CCCCCCN(CCC(=O)NC1CCCCC1)C(=O)c1cnc(C)cn1. The smallest absolute Gasteiger partial charge is 0.274 e. The first-order valence-corrected chi connectivity index (χ1v) is 10.5. The normalized spacial score (nSPS) is 14.7. The minimum Gasteiger partial charge on any atom is -0.353 e. The van der Waals surface area contributed by atoms with E-state index in [1.807, 2.05) is 6.92 Å². The molecule has 1 fully saturated rings. The molecule has 150 valence electrons. The summed E-state index contributed by atoms with van der Waals surface area (Å²) in [5.41, 5.74) is 1.14. The highest BCUT2D eigenvalue weighted by Gasteiger charge is 2.20. The third-order valence-electron chi connectivity index (χ3n) is 5.15. The summed E-state index contributed by atoms with van der Waals surface area (Å²) >= 11 is 0. The molecule has 2 rings (SSSR count). The summed E-state index contributed by atoms with van der Waals surface area (Å²) in [5.74, 6) is -0.0901. The number of rotatable bonds is 10. The summed E-state index contributed by atoms with van der Waals surface area (Å²) < 4.78 is 0. The van der Waals surface area contributed by atoms with E-state index in [2.05, 4.69) is 22.2 Å². The van der Waals surface area contributed by atoms with Gasteiger partial charge in [0.05, 0.1) is 11.9 Å². The van der Waals surface area contributed by atoms with Gasteiger partial charge in [-0.05, 0) is 26.2 Å². The predicted molar refractivity (Wildman–Crippen MR) is 106 cm³/mol. The van der Waals surface area contributed by atoms with Crippen LogP contribution in [-0.4, -0.2) is 45.8 Å². The molecule has 0 aromatic carbocycles. The molecule has 1 N–H and O–H groups in total. The number of aryl methyl sites for hydroxylation is 1. The Morgan fingerprint density at radius 1 is 1.07 bits per heavy atom. The second kappa shape index (κ2) is 11.7. The zero-order valence-corrected chi connectivity index (χ0v) is 16.9. The molecule has 1 heterocycles. The number of nitrogens with zero attached hydrogens (tertiary/aromatic N) is 3. The van der Waals surface area contributed by atoms with Crippen molar-refractivity contribution in [1.82, 2.24) is 20.2 Å². The molecule has 1 aromatic heterocycles. The number of nitrogens with one attached hydrogen (secondary N) is 1. The highest BCUT2D eigenvalue weighted by Crippen LogP contribution is 2.17. The summed E-state index contributed by atoms with van der Waals surface area (Å²) in [4.78, 5) is 35.3. The van der Waals surface area contributed by atoms with E-state index in [1.54, 1.807) is 11.1 Å². The standard InChI is InChI=1S/C21H34N4O2/c1-3-4-5-9-13-25(21(27)19-16-22-17(2)15-23-19)14-12-20(26)24-18-10-7-6-8-11-18/h15-16,18H,3-14H2,1-2H3,(H,24,26). The molecule has 27 heavy (non-hydrogen) atoms. The van der Waals surface area contributed by atoms with Gasteiger partial charge in [0, 0.05) is 31.7 Å². The Balaban J connectivity index is 1.89. The largest absolute Gasteiger partial charge is 0.353 e. The number of hydrogen-bond acceptors (Lipinski definition) is 4. The summed E-state index contributed by atoms with van der Waals surface area (Å²) in [6, 6.07) is 0.308. The van der Waals surface area contributed by atoms with Crippen molar-refractivity contribution in [2.45, 2.75) is 84.1 Å². The van der Waals surface area contributed by atoms with Crippen LogP contribution >= 0.6 is 0 Å². The van der Waals surface area contributed by atoms with Gasteiger partial charge in [-0.1, -0.05) is 45.4 Å². The zero-order chi connectivity index (χ0) is 19.5. The first-order chi connectivity index (χ1) is 13.1. The first kappa shape index (κ1) is 21.3. The van der Waals surface area contributed by atoms with Gasteiger partial charge in [-0.2, -0.15) is 0 Å². The van der Waals surface area contributed by atoms with E-state index >= 15 is 0 Å². The van der Waals surface area contributed by atoms with Crippen LogP contribution in [0.15, 0.2) is 12.4 Å². The molecule has 6 heteroatoms. The van der Waals surface area contributed by atoms with Crippen molar-refractivity contribution in [2.24, 2.45) is 0 Å². The Kier molecular flexibility index (Phi) is 9.22. The minimum atomic E-state index is -0.135. The van der Waals surface area contributed by atoms with Crippen molar-refractivity contribution in [3.8, 4) is 0 Å². The molecule has 2 amide bonds. The summed E-state index contributed by atoms with van der Waals surface area (Å²) in [6.07, 6.45) is 13.6. The van der Waals surface area contributed by atoms with E-state index in [1.165, 1.54) is 25.5 Å². The van der Waals surface area contributed by atoms with E-state index in [9.17, 15) is 9.59 Å². The predicted octanol–water partition coefficient (Wildman–Crippen LogP) is 3.65. The van der Waals surface area contributed by atoms with Gasteiger partial charge in [0.1, 0.15) is 5.69 Å². The van der Waals surface area contributed by atoms with Crippen LogP contribution in [0, 0.1) is 6.92 Å². The average Bonchev–Trinajstić information content (AvgIpc) is 2.68. The van der Waals surface area contributed by atoms with Crippen LogP contribution in [0.3, 0.4) is 0 Å². The first-order valence-electron chi connectivity index (χ1n) is 10.5. The second-order valence-corrected chi connectivity index (χ2v) is 7.55. The van der Waals surface area contributed by atoms with Gasteiger partial charge in [-0.3, -0.25) is 14.6 Å². The lowest BCUT2D eigenvalue weighted by molar-refractivity contribution is -0.122. The summed E-state index contributed by atoms with van der Waals surface area (Å²) in [7, 11) is 0. The van der Waals surface area contributed by atoms with Crippen LogP contribution in [0.1, 0.15) is 87.3 Å². The van der Waals surface area contributed by atoms with Crippen LogP contribution < -0.4 is 5.32 Å². The monoisotopic (exact) mass is 374 g/mol. The van der Waals surface area contributed by atoms with Gasteiger partial charge in [-0.15, -0.1) is 0 Å². The molecule has 0 aliphatic heterocycles. The van der Waals surface area contributed by atoms with Crippen molar-refractivity contribution >= 4 is 11.8 Å². The Hall–Kier alpha value is -1.98. The number of hydrogen-bond donors (Lipinski definition) is 1. The third kappa shape index (κ3) is 7.65. The van der Waals surface area contributed by atoms with E-state index < -0.39 is 0 Å². The van der Waals surface area contributed by atoms with Gasteiger partial charge in [0.25, 0.3) is 5.91 Å². The van der Waals surface area contributed by atoms with Gasteiger partial charge in [0.2, 0.25) is 5.91 Å². The highest BCUT2D eigenvalue weighted by molar-refractivity contribution is 5.92. The maximum absolute atomic E-state index is 12.8. The topological polar surface area (TPSA) is 75.2 Å². The molecule has 1 saturated carbocycles. The molecule has 1 aromatic rings. The number of aromatic nitrogens is 2. The fraction of sp³-hybridized carbons (Fsp3) is 0.714. The number of carbonyl (C=O) groups excluding carboxylic acids is 2. The fourth-order valence-electron chi connectivity index (χ4n) is 3.49. The summed E-state index contributed by atoms with van der Waals surface area (Å²) in [6.45, 7) is 5.10. The number of unbranched alkanes of at least 4 members (excludes halogenated alkanes) is 3. The summed E-state index contributed by atoms with van der Waals surface area (Å²) in [5, 5.41) is 3.13.